The molecule has 5 heteroatoms. The maximum absolute atomic E-state index is 11.1. The molecule has 0 saturated carbocycles. The number of ether oxygens (including phenoxy) is 3. The van der Waals surface area contributed by atoms with E-state index in [0.717, 1.165) is 5.56 Å². The summed E-state index contributed by atoms with van der Waals surface area (Å²) in [4.78, 5) is 11.1. The molecule has 1 aliphatic rings. The van der Waals surface area contributed by atoms with Gasteiger partial charge in [0.15, 0.2) is 5.76 Å². The van der Waals surface area contributed by atoms with Crippen LogP contribution in [0.5, 0.6) is 0 Å². The summed E-state index contributed by atoms with van der Waals surface area (Å²) in [6.07, 6.45) is 1.79. The molecule has 2 unspecified atom stereocenters. The Balaban J connectivity index is 1.83. The zero-order valence-electron chi connectivity index (χ0n) is 10.7. The van der Waals surface area contributed by atoms with E-state index in [1.807, 2.05) is 30.3 Å². The topological polar surface area (TPSA) is 70.8 Å². The second kappa shape index (κ2) is 6.24. The second-order valence-corrected chi connectivity index (χ2v) is 4.28. The third-order valence-corrected chi connectivity index (χ3v) is 2.83. The Morgan fingerprint density at radius 3 is 2.84 bits per heavy atom. The van der Waals surface area contributed by atoms with Gasteiger partial charge in [-0.05, 0) is 5.56 Å². The van der Waals surface area contributed by atoms with E-state index in [-0.39, 0.29) is 18.7 Å². The molecule has 0 bridgehead atoms. The third kappa shape index (κ3) is 3.72. The molecule has 0 radical (unpaired) electrons. The van der Waals surface area contributed by atoms with E-state index < -0.39 is 6.04 Å². The molecule has 2 N–H and O–H groups in total. The number of benzene rings is 1. The summed E-state index contributed by atoms with van der Waals surface area (Å²) in [6.45, 7) is 0. The fraction of sp³-hybridized carbons (Fsp3) is 0.357. The molecule has 19 heavy (non-hydrogen) atoms. The summed E-state index contributed by atoms with van der Waals surface area (Å²) in [5.41, 5.74) is 6.95. The van der Waals surface area contributed by atoms with Crippen LogP contribution in [0.2, 0.25) is 0 Å². The number of carbonyl (C=O) groups excluding carboxylic acids is 1. The Kier molecular flexibility index (Phi) is 4.41. The van der Waals surface area contributed by atoms with Crippen LogP contribution in [0.1, 0.15) is 12.0 Å². The molecular formula is C14H17NO4. The standard InChI is InChI=1S/C14H17NO4/c1-17-13(16)8-11(15)12-9-18-14(19-12)7-10-5-3-2-4-6-10/h2-6,9,11,14H,7-8,15H2,1H3. The largest absolute Gasteiger partial charge is 0.469 e. The van der Waals surface area contributed by atoms with Crippen molar-refractivity contribution in [1.29, 1.82) is 0 Å². The van der Waals surface area contributed by atoms with Gasteiger partial charge in [0.25, 0.3) is 0 Å². The predicted octanol–water partition coefficient (Wildman–Crippen LogP) is 1.33. The lowest BCUT2D eigenvalue weighted by atomic mass is 10.1. The third-order valence-electron chi connectivity index (χ3n) is 2.83. The highest BCUT2D eigenvalue weighted by Crippen LogP contribution is 2.21. The van der Waals surface area contributed by atoms with Gasteiger partial charge >= 0.3 is 5.97 Å². The van der Waals surface area contributed by atoms with Gasteiger partial charge in [-0.2, -0.15) is 0 Å². The van der Waals surface area contributed by atoms with Gasteiger partial charge < -0.3 is 19.9 Å². The Morgan fingerprint density at radius 1 is 1.42 bits per heavy atom. The number of esters is 1. The van der Waals surface area contributed by atoms with Gasteiger partial charge in [-0.25, -0.2) is 0 Å². The highest BCUT2D eigenvalue weighted by atomic mass is 16.7. The van der Waals surface area contributed by atoms with E-state index in [1.54, 1.807) is 0 Å². The molecule has 0 fully saturated rings. The fourth-order valence-corrected chi connectivity index (χ4v) is 1.78. The smallest absolute Gasteiger partial charge is 0.307 e. The number of carbonyl (C=O) groups is 1. The van der Waals surface area contributed by atoms with Crippen molar-refractivity contribution >= 4 is 5.97 Å². The monoisotopic (exact) mass is 263 g/mol. The summed E-state index contributed by atoms with van der Waals surface area (Å²) >= 11 is 0. The quantitative estimate of drug-likeness (QED) is 0.812. The Morgan fingerprint density at radius 2 is 2.16 bits per heavy atom. The van der Waals surface area contributed by atoms with Gasteiger partial charge in [0.1, 0.15) is 6.26 Å². The normalized spacial score (nSPS) is 19.1. The van der Waals surface area contributed by atoms with Crippen molar-refractivity contribution < 1.29 is 19.0 Å². The maximum Gasteiger partial charge on any atom is 0.307 e. The van der Waals surface area contributed by atoms with Gasteiger partial charge in [-0.1, -0.05) is 30.3 Å². The lowest BCUT2D eigenvalue weighted by Crippen LogP contribution is -2.28. The summed E-state index contributed by atoms with van der Waals surface area (Å²) in [5, 5.41) is 0. The van der Waals surface area contributed by atoms with Gasteiger partial charge in [-0.15, -0.1) is 0 Å². The van der Waals surface area contributed by atoms with Crippen LogP contribution < -0.4 is 5.73 Å². The number of nitrogens with two attached hydrogens (primary N) is 1. The van der Waals surface area contributed by atoms with Crippen molar-refractivity contribution in [2.45, 2.75) is 25.2 Å². The highest BCUT2D eigenvalue weighted by molar-refractivity contribution is 5.70. The molecule has 0 amide bonds. The second-order valence-electron chi connectivity index (χ2n) is 4.28. The van der Waals surface area contributed by atoms with Crippen molar-refractivity contribution in [3.05, 3.63) is 47.9 Å². The summed E-state index contributed by atoms with van der Waals surface area (Å²) in [5.74, 6) is 0.106. The average molecular weight is 263 g/mol. The first-order valence-corrected chi connectivity index (χ1v) is 6.07. The lowest BCUT2D eigenvalue weighted by Gasteiger charge is -2.14. The first-order chi connectivity index (χ1) is 9.19. The predicted molar refractivity (Wildman–Crippen MR) is 68.8 cm³/mol. The molecule has 5 nitrogen and oxygen atoms in total. The minimum absolute atomic E-state index is 0.0732. The maximum atomic E-state index is 11.1. The SMILES string of the molecule is COC(=O)CC(N)C1=COC(Cc2ccccc2)O1. The van der Waals surface area contributed by atoms with Gasteiger partial charge in [-0.3, -0.25) is 4.79 Å². The zero-order chi connectivity index (χ0) is 13.7. The van der Waals surface area contributed by atoms with Crippen molar-refractivity contribution in [3.63, 3.8) is 0 Å². The van der Waals surface area contributed by atoms with Crippen LogP contribution in [-0.2, 0) is 25.4 Å². The van der Waals surface area contributed by atoms with Crippen molar-refractivity contribution in [3.8, 4) is 0 Å². The van der Waals surface area contributed by atoms with E-state index in [1.165, 1.54) is 13.4 Å². The van der Waals surface area contributed by atoms with Crippen molar-refractivity contribution in [1.82, 2.24) is 0 Å². The fourth-order valence-electron chi connectivity index (χ4n) is 1.78. The molecule has 1 aromatic carbocycles. The molecule has 102 valence electrons. The zero-order valence-corrected chi connectivity index (χ0v) is 10.7. The van der Waals surface area contributed by atoms with Crippen LogP contribution in [-0.4, -0.2) is 25.4 Å². The molecular weight excluding hydrogens is 246 g/mol. The summed E-state index contributed by atoms with van der Waals surface area (Å²) in [6, 6.07) is 9.34. The van der Waals surface area contributed by atoms with Crippen LogP contribution in [0.4, 0.5) is 0 Å². The van der Waals surface area contributed by atoms with Gasteiger partial charge in [0, 0.05) is 6.42 Å². The van der Waals surface area contributed by atoms with E-state index >= 15 is 0 Å². The van der Waals surface area contributed by atoms with E-state index in [2.05, 4.69) is 4.74 Å². The molecule has 0 aliphatic carbocycles. The average Bonchev–Trinajstić information content (AvgIpc) is 2.88. The number of hydrogen-bond donors (Lipinski definition) is 1. The molecule has 2 rings (SSSR count). The van der Waals surface area contributed by atoms with Gasteiger partial charge in [0.2, 0.25) is 6.29 Å². The van der Waals surface area contributed by atoms with Crippen LogP contribution in [0, 0.1) is 0 Å². The molecule has 1 aromatic rings. The lowest BCUT2D eigenvalue weighted by molar-refractivity contribution is -0.141. The van der Waals surface area contributed by atoms with E-state index in [4.69, 9.17) is 15.2 Å². The highest BCUT2D eigenvalue weighted by Gasteiger charge is 2.25. The summed E-state index contributed by atoms with van der Waals surface area (Å²) in [7, 11) is 1.33. The number of hydrogen-bond acceptors (Lipinski definition) is 5. The minimum atomic E-state index is -0.534. The minimum Gasteiger partial charge on any atom is -0.469 e. The molecule has 0 aromatic heterocycles. The number of rotatable bonds is 5. The molecule has 2 atom stereocenters. The number of methoxy groups -OCH3 is 1. The first kappa shape index (κ1) is 13.4. The van der Waals surface area contributed by atoms with Crippen LogP contribution >= 0.6 is 0 Å². The molecule has 0 saturated heterocycles. The van der Waals surface area contributed by atoms with Crippen molar-refractivity contribution in [2.75, 3.05) is 7.11 Å². The Hall–Kier alpha value is -2.01. The van der Waals surface area contributed by atoms with E-state index in [9.17, 15) is 4.79 Å². The Labute approximate surface area is 111 Å². The Bertz CT molecular complexity index is 458. The van der Waals surface area contributed by atoms with Crippen molar-refractivity contribution in [2.24, 2.45) is 5.73 Å². The molecule has 1 heterocycles. The first-order valence-electron chi connectivity index (χ1n) is 6.07. The molecule has 1 aliphatic heterocycles. The van der Waals surface area contributed by atoms with Gasteiger partial charge in [0.05, 0.1) is 19.6 Å². The van der Waals surface area contributed by atoms with Crippen LogP contribution in [0.15, 0.2) is 42.4 Å². The van der Waals surface area contributed by atoms with Crippen LogP contribution in [0.25, 0.3) is 0 Å². The van der Waals surface area contributed by atoms with Crippen LogP contribution in [0.3, 0.4) is 0 Å². The molecule has 0 spiro atoms. The summed E-state index contributed by atoms with van der Waals surface area (Å²) < 4.78 is 15.5. The van der Waals surface area contributed by atoms with E-state index in [0.29, 0.717) is 12.2 Å².